The normalized spacial score (nSPS) is 34.9. The summed E-state index contributed by atoms with van der Waals surface area (Å²) in [5.41, 5.74) is 0. The molecule has 0 radical (unpaired) electrons. The third-order valence-electron chi connectivity index (χ3n) is 4.92. The fourth-order valence-electron chi connectivity index (χ4n) is 4.12. The van der Waals surface area contributed by atoms with Gasteiger partial charge in [0.15, 0.2) is 0 Å². The second kappa shape index (κ2) is 6.05. The maximum absolute atomic E-state index is 11.5. The van der Waals surface area contributed by atoms with E-state index in [2.05, 4.69) is 18.7 Å². The molecule has 1 aliphatic carbocycles. The second-order valence-electron chi connectivity index (χ2n) is 6.13. The van der Waals surface area contributed by atoms with Gasteiger partial charge in [-0.05, 0) is 44.9 Å². The molecule has 3 heteroatoms. The number of aliphatic carboxylic acids is 1. The minimum absolute atomic E-state index is 0.231. The van der Waals surface area contributed by atoms with Gasteiger partial charge in [-0.1, -0.05) is 26.2 Å². The van der Waals surface area contributed by atoms with Gasteiger partial charge in [0, 0.05) is 12.1 Å². The van der Waals surface area contributed by atoms with Crippen LogP contribution in [0.5, 0.6) is 0 Å². The van der Waals surface area contributed by atoms with E-state index < -0.39 is 5.97 Å². The summed E-state index contributed by atoms with van der Waals surface area (Å²) in [4.78, 5) is 13.9. The van der Waals surface area contributed by atoms with E-state index in [0.29, 0.717) is 12.1 Å². The van der Waals surface area contributed by atoms with Crippen LogP contribution in [0.2, 0.25) is 0 Å². The maximum Gasteiger partial charge on any atom is 0.320 e. The zero-order chi connectivity index (χ0) is 13.1. The van der Waals surface area contributed by atoms with Crippen LogP contribution in [0.15, 0.2) is 0 Å². The van der Waals surface area contributed by atoms with Crippen molar-refractivity contribution in [2.24, 2.45) is 5.92 Å². The number of likely N-dealkylation sites (tertiary alicyclic amines) is 1. The second-order valence-corrected chi connectivity index (χ2v) is 6.13. The van der Waals surface area contributed by atoms with Crippen LogP contribution in [0.3, 0.4) is 0 Å². The van der Waals surface area contributed by atoms with Crippen LogP contribution in [-0.2, 0) is 4.79 Å². The Bertz CT molecular complexity index is 292. The predicted molar refractivity (Wildman–Crippen MR) is 72.6 cm³/mol. The molecule has 2 rings (SSSR count). The van der Waals surface area contributed by atoms with Crippen molar-refractivity contribution in [1.82, 2.24) is 4.90 Å². The van der Waals surface area contributed by atoms with Crippen LogP contribution in [0.25, 0.3) is 0 Å². The minimum atomic E-state index is -0.609. The number of carboxylic acid groups (broad SMARTS) is 1. The SMILES string of the molecule is CCCC(C)N1C(C(=O)O)CCC2CCCCC21. The van der Waals surface area contributed by atoms with E-state index >= 15 is 0 Å². The van der Waals surface area contributed by atoms with E-state index in [1.807, 2.05) is 0 Å². The quantitative estimate of drug-likeness (QED) is 0.836. The molecular formula is C15H27NO2. The summed E-state index contributed by atoms with van der Waals surface area (Å²) < 4.78 is 0. The molecule has 4 unspecified atom stereocenters. The van der Waals surface area contributed by atoms with Crippen molar-refractivity contribution in [3.63, 3.8) is 0 Å². The molecule has 1 heterocycles. The number of nitrogens with zero attached hydrogens (tertiary/aromatic N) is 1. The van der Waals surface area contributed by atoms with Gasteiger partial charge in [0.05, 0.1) is 0 Å². The summed E-state index contributed by atoms with van der Waals surface area (Å²) in [7, 11) is 0. The van der Waals surface area contributed by atoms with Gasteiger partial charge in [-0.2, -0.15) is 0 Å². The van der Waals surface area contributed by atoms with Crippen LogP contribution in [0, 0.1) is 5.92 Å². The molecule has 2 aliphatic rings. The average molecular weight is 253 g/mol. The molecule has 1 N–H and O–H groups in total. The number of hydrogen-bond acceptors (Lipinski definition) is 2. The molecule has 0 amide bonds. The Kier molecular flexibility index (Phi) is 4.66. The average Bonchev–Trinajstić information content (AvgIpc) is 2.37. The molecule has 0 aromatic carbocycles. The van der Waals surface area contributed by atoms with Crippen LogP contribution in [0.4, 0.5) is 0 Å². The van der Waals surface area contributed by atoms with E-state index in [4.69, 9.17) is 0 Å². The topological polar surface area (TPSA) is 40.5 Å². The van der Waals surface area contributed by atoms with Gasteiger partial charge in [0.1, 0.15) is 6.04 Å². The van der Waals surface area contributed by atoms with Crippen molar-refractivity contribution in [3.8, 4) is 0 Å². The first-order valence-corrected chi connectivity index (χ1v) is 7.65. The summed E-state index contributed by atoms with van der Waals surface area (Å²) in [5.74, 6) is 0.149. The van der Waals surface area contributed by atoms with Gasteiger partial charge < -0.3 is 5.11 Å². The molecule has 104 valence electrons. The Balaban J connectivity index is 2.16. The summed E-state index contributed by atoms with van der Waals surface area (Å²) >= 11 is 0. The Hall–Kier alpha value is -0.570. The van der Waals surface area contributed by atoms with Gasteiger partial charge >= 0.3 is 5.97 Å². The van der Waals surface area contributed by atoms with Crippen LogP contribution >= 0.6 is 0 Å². The van der Waals surface area contributed by atoms with E-state index in [0.717, 1.165) is 31.6 Å². The van der Waals surface area contributed by atoms with Crippen LogP contribution in [-0.4, -0.2) is 34.1 Å². The zero-order valence-corrected chi connectivity index (χ0v) is 11.8. The Morgan fingerprint density at radius 2 is 2.00 bits per heavy atom. The van der Waals surface area contributed by atoms with E-state index in [1.165, 1.54) is 25.7 Å². The largest absolute Gasteiger partial charge is 0.480 e. The van der Waals surface area contributed by atoms with Gasteiger partial charge in [-0.15, -0.1) is 0 Å². The first-order chi connectivity index (χ1) is 8.65. The molecule has 1 saturated heterocycles. The molecule has 2 fully saturated rings. The summed E-state index contributed by atoms with van der Waals surface area (Å²) in [6.07, 6.45) is 9.38. The number of carboxylic acids is 1. The summed E-state index contributed by atoms with van der Waals surface area (Å²) in [5, 5.41) is 9.47. The molecule has 4 atom stereocenters. The van der Waals surface area contributed by atoms with Crippen molar-refractivity contribution in [2.45, 2.75) is 83.3 Å². The number of hydrogen-bond donors (Lipinski definition) is 1. The molecule has 0 aromatic rings. The lowest BCUT2D eigenvalue weighted by molar-refractivity contribution is -0.150. The first kappa shape index (κ1) is 13.9. The van der Waals surface area contributed by atoms with Crippen LogP contribution in [0.1, 0.15) is 65.2 Å². The number of rotatable bonds is 4. The lowest BCUT2D eigenvalue weighted by Gasteiger charge is -2.50. The van der Waals surface area contributed by atoms with Crippen molar-refractivity contribution in [3.05, 3.63) is 0 Å². The molecule has 1 aliphatic heterocycles. The highest BCUT2D eigenvalue weighted by Gasteiger charge is 2.42. The highest BCUT2D eigenvalue weighted by Crippen LogP contribution is 2.39. The van der Waals surface area contributed by atoms with Crippen molar-refractivity contribution in [2.75, 3.05) is 0 Å². The van der Waals surface area contributed by atoms with Gasteiger partial charge in [-0.3, -0.25) is 9.69 Å². The molecule has 0 bridgehead atoms. The molecule has 0 spiro atoms. The fourth-order valence-corrected chi connectivity index (χ4v) is 4.12. The lowest BCUT2D eigenvalue weighted by atomic mass is 9.75. The van der Waals surface area contributed by atoms with E-state index in [-0.39, 0.29) is 6.04 Å². The van der Waals surface area contributed by atoms with Crippen molar-refractivity contribution < 1.29 is 9.90 Å². The minimum Gasteiger partial charge on any atom is -0.480 e. The monoisotopic (exact) mass is 253 g/mol. The number of fused-ring (bicyclic) bond motifs is 1. The Labute approximate surface area is 111 Å². The third-order valence-corrected chi connectivity index (χ3v) is 4.92. The first-order valence-electron chi connectivity index (χ1n) is 7.65. The molecule has 0 aromatic heterocycles. The van der Waals surface area contributed by atoms with Crippen LogP contribution < -0.4 is 0 Å². The van der Waals surface area contributed by atoms with Crippen molar-refractivity contribution >= 4 is 5.97 Å². The third kappa shape index (κ3) is 2.71. The predicted octanol–water partition coefficient (Wildman–Crippen LogP) is 3.28. The lowest BCUT2D eigenvalue weighted by Crippen LogP contribution is -2.58. The van der Waals surface area contributed by atoms with Gasteiger partial charge in [-0.25, -0.2) is 0 Å². The smallest absolute Gasteiger partial charge is 0.320 e. The van der Waals surface area contributed by atoms with E-state index in [9.17, 15) is 9.90 Å². The van der Waals surface area contributed by atoms with Gasteiger partial charge in [0.25, 0.3) is 0 Å². The molecule has 3 nitrogen and oxygen atoms in total. The fraction of sp³-hybridized carbons (Fsp3) is 0.933. The molecule has 18 heavy (non-hydrogen) atoms. The van der Waals surface area contributed by atoms with Gasteiger partial charge in [0.2, 0.25) is 0 Å². The Morgan fingerprint density at radius 1 is 1.28 bits per heavy atom. The molecule has 1 saturated carbocycles. The standard InChI is InChI=1S/C15H27NO2/c1-3-6-11(2)16-13-8-5-4-7-12(13)9-10-14(16)15(17)18/h11-14H,3-10H2,1-2H3,(H,17,18). The number of carbonyl (C=O) groups is 1. The molecular weight excluding hydrogens is 226 g/mol. The number of piperidine rings is 1. The zero-order valence-electron chi connectivity index (χ0n) is 11.8. The maximum atomic E-state index is 11.5. The highest BCUT2D eigenvalue weighted by atomic mass is 16.4. The van der Waals surface area contributed by atoms with E-state index in [1.54, 1.807) is 0 Å². The highest BCUT2D eigenvalue weighted by molar-refractivity contribution is 5.73. The summed E-state index contributed by atoms with van der Waals surface area (Å²) in [6.45, 7) is 4.41. The Morgan fingerprint density at radius 3 is 2.67 bits per heavy atom. The van der Waals surface area contributed by atoms with Crippen molar-refractivity contribution in [1.29, 1.82) is 0 Å². The summed E-state index contributed by atoms with van der Waals surface area (Å²) in [6, 6.07) is 0.725.